The molecule has 0 saturated carbocycles. The minimum Gasteiger partial charge on any atom is -0.394 e. The number of rotatable bonds is 5. The first-order valence-corrected chi connectivity index (χ1v) is 6.83. The van der Waals surface area contributed by atoms with Crippen LogP contribution in [0.15, 0.2) is 53.0 Å². The molecular formula is C15H15BrFNO. The summed E-state index contributed by atoms with van der Waals surface area (Å²) in [6.07, 6.45) is 0. The second-order valence-electron chi connectivity index (χ2n) is 4.26. The van der Waals surface area contributed by atoms with Gasteiger partial charge in [0.25, 0.3) is 0 Å². The third-order valence-corrected chi connectivity index (χ3v) is 3.68. The van der Waals surface area contributed by atoms with Gasteiger partial charge < -0.3 is 10.4 Å². The van der Waals surface area contributed by atoms with Crippen molar-refractivity contribution in [3.63, 3.8) is 0 Å². The fraction of sp³-hybridized carbons (Fsp3) is 0.200. The molecule has 2 rings (SSSR count). The van der Waals surface area contributed by atoms with Gasteiger partial charge in [0.15, 0.2) is 0 Å². The molecule has 4 heteroatoms. The van der Waals surface area contributed by atoms with Gasteiger partial charge in [0, 0.05) is 11.0 Å². The number of aliphatic hydroxyl groups is 1. The summed E-state index contributed by atoms with van der Waals surface area (Å²) in [4.78, 5) is 0. The summed E-state index contributed by atoms with van der Waals surface area (Å²) in [5.41, 5.74) is 1.99. The Labute approximate surface area is 120 Å². The highest BCUT2D eigenvalue weighted by Gasteiger charge is 2.10. The molecule has 0 saturated heterocycles. The summed E-state index contributed by atoms with van der Waals surface area (Å²) >= 11 is 3.33. The molecular weight excluding hydrogens is 309 g/mol. The summed E-state index contributed by atoms with van der Waals surface area (Å²) in [7, 11) is 0. The maximum Gasteiger partial charge on any atom is 0.124 e. The minimum absolute atomic E-state index is 0.0167. The highest BCUT2D eigenvalue weighted by atomic mass is 79.9. The van der Waals surface area contributed by atoms with E-state index in [2.05, 4.69) is 21.2 Å². The van der Waals surface area contributed by atoms with Crippen LogP contribution in [0.2, 0.25) is 0 Å². The van der Waals surface area contributed by atoms with E-state index in [1.165, 1.54) is 12.1 Å². The molecule has 0 aromatic heterocycles. The number of halogens is 2. The van der Waals surface area contributed by atoms with E-state index in [0.29, 0.717) is 6.54 Å². The topological polar surface area (TPSA) is 32.3 Å². The molecule has 2 N–H and O–H groups in total. The predicted octanol–water partition coefficient (Wildman–Crippen LogP) is 3.41. The number of nitrogens with one attached hydrogen (secondary N) is 1. The molecule has 19 heavy (non-hydrogen) atoms. The van der Waals surface area contributed by atoms with Gasteiger partial charge in [-0.05, 0) is 23.3 Å². The molecule has 0 aliphatic heterocycles. The summed E-state index contributed by atoms with van der Waals surface area (Å²) in [5, 5.41) is 12.7. The van der Waals surface area contributed by atoms with Gasteiger partial charge in [0.05, 0.1) is 12.6 Å². The zero-order valence-electron chi connectivity index (χ0n) is 10.3. The molecule has 0 heterocycles. The van der Waals surface area contributed by atoms with E-state index in [-0.39, 0.29) is 18.5 Å². The molecule has 100 valence electrons. The molecule has 1 unspecified atom stereocenters. The van der Waals surface area contributed by atoms with Crippen LogP contribution in [0.3, 0.4) is 0 Å². The average molecular weight is 324 g/mol. The van der Waals surface area contributed by atoms with Gasteiger partial charge in [0.2, 0.25) is 0 Å². The van der Waals surface area contributed by atoms with Crippen LogP contribution in [0.25, 0.3) is 0 Å². The van der Waals surface area contributed by atoms with Crippen molar-refractivity contribution in [2.75, 3.05) is 6.61 Å². The molecule has 0 spiro atoms. The van der Waals surface area contributed by atoms with Crippen molar-refractivity contribution in [3.05, 3.63) is 69.9 Å². The maximum absolute atomic E-state index is 13.0. The molecule has 0 amide bonds. The van der Waals surface area contributed by atoms with Gasteiger partial charge >= 0.3 is 0 Å². The Morgan fingerprint density at radius 1 is 1.16 bits per heavy atom. The Kier molecular flexibility index (Phi) is 5.07. The lowest BCUT2D eigenvalue weighted by molar-refractivity contribution is 0.243. The van der Waals surface area contributed by atoms with Crippen LogP contribution in [0.1, 0.15) is 17.2 Å². The second-order valence-corrected chi connectivity index (χ2v) is 5.12. The lowest BCUT2D eigenvalue weighted by atomic mass is 10.1. The summed E-state index contributed by atoms with van der Waals surface area (Å²) in [6.45, 7) is 0.573. The van der Waals surface area contributed by atoms with Crippen LogP contribution in [-0.2, 0) is 6.54 Å². The fourth-order valence-electron chi connectivity index (χ4n) is 1.87. The first-order valence-electron chi connectivity index (χ1n) is 6.04. The summed E-state index contributed by atoms with van der Waals surface area (Å²) in [5.74, 6) is -0.266. The first kappa shape index (κ1) is 14.2. The van der Waals surface area contributed by atoms with Crippen molar-refractivity contribution in [2.24, 2.45) is 0 Å². The molecule has 2 aromatic rings. The largest absolute Gasteiger partial charge is 0.394 e. The van der Waals surface area contributed by atoms with E-state index in [4.69, 9.17) is 0 Å². The Bertz CT molecular complexity index is 533. The van der Waals surface area contributed by atoms with Crippen LogP contribution in [0.5, 0.6) is 0 Å². The van der Waals surface area contributed by atoms with Crippen molar-refractivity contribution in [3.8, 4) is 0 Å². The molecule has 1 atom stereocenters. The Hall–Kier alpha value is -1.23. The van der Waals surface area contributed by atoms with Gasteiger partial charge in [-0.2, -0.15) is 0 Å². The molecule has 0 bridgehead atoms. The normalized spacial score (nSPS) is 12.4. The van der Waals surface area contributed by atoms with Crippen molar-refractivity contribution >= 4 is 15.9 Å². The lowest BCUT2D eigenvalue weighted by Crippen LogP contribution is -2.24. The maximum atomic E-state index is 13.0. The predicted molar refractivity (Wildman–Crippen MR) is 77.2 cm³/mol. The Morgan fingerprint density at radius 3 is 2.53 bits per heavy atom. The Balaban J connectivity index is 2.04. The third-order valence-electron chi connectivity index (χ3n) is 2.94. The molecule has 0 radical (unpaired) electrons. The van der Waals surface area contributed by atoms with E-state index >= 15 is 0 Å². The van der Waals surface area contributed by atoms with Gasteiger partial charge in [-0.1, -0.05) is 52.3 Å². The van der Waals surface area contributed by atoms with Crippen molar-refractivity contribution < 1.29 is 9.50 Å². The molecule has 0 aliphatic rings. The van der Waals surface area contributed by atoms with Crippen molar-refractivity contribution in [1.29, 1.82) is 0 Å². The van der Waals surface area contributed by atoms with Crippen LogP contribution >= 0.6 is 15.9 Å². The molecule has 0 fully saturated rings. The van der Waals surface area contributed by atoms with E-state index in [1.807, 2.05) is 30.3 Å². The zero-order chi connectivity index (χ0) is 13.7. The SMILES string of the molecule is OCC(NCc1ccc(F)cc1Br)c1ccccc1. The van der Waals surface area contributed by atoms with Crippen LogP contribution in [0.4, 0.5) is 4.39 Å². The molecule has 0 aliphatic carbocycles. The van der Waals surface area contributed by atoms with E-state index < -0.39 is 0 Å². The fourth-order valence-corrected chi connectivity index (χ4v) is 2.36. The van der Waals surface area contributed by atoms with E-state index in [9.17, 15) is 9.50 Å². The number of aliphatic hydroxyl groups excluding tert-OH is 1. The highest BCUT2D eigenvalue weighted by molar-refractivity contribution is 9.10. The minimum atomic E-state index is -0.266. The number of hydrogen-bond acceptors (Lipinski definition) is 2. The summed E-state index contributed by atoms with van der Waals surface area (Å²) < 4.78 is 13.7. The number of hydrogen-bond donors (Lipinski definition) is 2. The monoisotopic (exact) mass is 323 g/mol. The van der Waals surface area contributed by atoms with Gasteiger partial charge in [0.1, 0.15) is 5.82 Å². The standard InChI is InChI=1S/C15H15BrFNO/c16-14-8-13(17)7-6-12(14)9-18-15(10-19)11-4-2-1-3-5-11/h1-8,15,18-19H,9-10H2. The third kappa shape index (κ3) is 3.86. The van der Waals surface area contributed by atoms with E-state index in [0.717, 1.165) is 15.6 Å². The second kappa shape index (κ2) is 6.80. The average Bonchev–Trinajstić information content (AvgIpc) is 2.43. The van der Waals surface area contributed by atoms with Crippen molar-refractivity contribution in [1.82, 2.24) is 5.32 Å². The molecule has 2 aromatic carbocycles. The van der Waals surface area contributed by atoms with Crippen molar-refractivity contribution in [2.45, 2.75) is 12.6 Å². The van der Waals surface area contributed by atoms with E-state index in [1.54, 1.807) is 6.07 Å². The van der Waals surface area contributed by atoms with Gasteiger partial charge in [-0.15, -0.1) is 0 Å². The quantitative estimate of drug-likeness (QED) is 0.883. The molecule has 2 nitrogen and oxygen atoms in total. The smallest absolute Gasteiger partial charge is 0.124 e. The van der Waals surface area contributed by atoms with Crippen LogP contribution in [-0.4, -0.2) is 11.7 Å². The van der Waals surface area contributed by atoms with Crippen LogP contribution < -0.4 is 5.32 Å². The zero-order valence-corrected chi connectivity index (χ0v) is 11.9. The first-order chi connectivity index (χ1) is 9.20. The Morgan fingerprint density at radius 2 is 1.89 bits per heavy atom. The highest BCUT2D eigenvalue weighted by Crippen LogP contribution is 2.19. The lowest BCUT2D eigenvalue weighted by Gasteiger charge is -2.17. The van der Waals surface area contributed by atoms with Gasteiger partial charge in [-0.25, -0.2) is 4.39 Å². The van der Waals surface area contributed by atoms with Gasteiger partial charge in [-0.3, -0.25) is 0 Å². The number of benzene rings is 2. The summed E-state index contributed by atoms with van der Waals surface area (Å²) in [6, 6.07) is 14.2. The van der Waals surface area contributed by atoms with Crippen LogP contribution in [0, 0.1) is 5.82 Å².